The molecule has 0 amide bonds. The SMILES string of the molecule is CC/C=C\C/C=C\C/C=C\C/C=C\C/C=C\C/C=C\CCCCCCCCCCCCCCCCCCC(=O)OC(COC(=O)CCCCCCCCCCC/C=C\C/C=C\C/C=C\C/C=C\C/C=C\CC)COP(=O)(O)OCCN. The minimum atomic E-state index is -4.40. The maximum absolute atomic E-state index is 12.8. The van der Waals surface area contributed by atoms with Crippen molar-refractivity contribution in [2.45, 2.75) is 277 Å². The van der Waals surface area contributed by atoms with Crippen molar-refractivity contribution < 1.29 is 37.6 Å². The highest BCUT2D eigenvalue weighted by Gasteiger charge is 2.26. The van der Waals surface area contributed by atoms with Gasteiger partial charge in [0.2, 0.25) is 0 Å². The fraction of sp³-hybridized carbons (Fsp3) is 0.662. The van der Waals surface area contributed by atoms with E-state index in [0.29, 0.717) is 6.42 Å². The van der Waals surface area contributed by atoms with Gasteiger partial charge in [0.15, 0.2) is 6.10 Å². The number of ether oxygens (including phenoxy) is 2. The van der Waals surface area contributed by atoms with Crippen LogP contribution in [0.3, 0.4) is 0 Å². The maximum Gasteiger partial charge on any atom is 0.472 e. The van der Waals surface area contributed by atoms with Gasteiger partial charge in [-0.3, -0.25) is 18.6 Å². The zero-order valence-electron chi connectivity index (χ0n) is 51.7. The van der Waals surface area contributed by atoms with Gasteiger partial charge in [0.05, 0.1) is 13.2 Å². The van der Waals surface area contributed by atoms with Crippen LogP contribution in [0.1, 0.15) is 271 Å². The lowest BCUT2D eigenvalue weighted by Gasteiger charge is -2.19. The molecule has 81 heavy (non-hydrogen) atoms. The molecule has 9 nitrogen and oxygen atoms in total. The lowest BCUT2D eigenvalue weighted by molar-refractivity contribution is -0.161. The number of phosphoric acid groups is 1. The van der Waals surface area contributed by atoms with Crippen LogP contribution in [0.15, 0.2) is 134 Å². The van der Waals surface area contributed by atoms with E-state index in [-0.39, 0.29) is 38.6 Å². The normalized spacial score (nSPS) is 13.9. The number of hydrogen-bond donors (Lipinski definition) is 2. The molecule has 0 heterocycles. The van der Waals surface area contributed by atoms with Gasteiger partial charge in [-0.1, -0.05) is 282 Å². The van der Waals surface area contributed by atoms with Gasteiger partial charge >= 0.3 is 19.8 Å². The molecular formula is C71H120NO8P. The summed E-state index contributed by atoms with van der Waals surface area (Å²) in [6.45, 7) is 3.52. The van der Waals surface area contributed by atoms with E-state index in [1.807, 2.05) is 0 Å². The summed E-state index contributed by atoms with van der Waals surface area (Å²) in [4.78, 5) is 35.3. The quantitative estimate of drug-likeness (QED) is 0.0264. The third-order valence-electron chi connectivity index (χ3n) is 13.5. The van der Waals surface area contributed by atoms with Gasteiger partial charge in [0, 0.05) is 19.4 Å². The van der Waals surface area contributed by atoms with Gasteiger partial charge in [-0.2, -0.15) is 0 Å². The Morgan fingerprint density at radius 2 is 0.642 bits per heavy atom. The molecule has 0 radical (unpaired) electrons. The zero-order valence-corrected chi connectivity index (χ0v) is 52.6. The summed E-state index contributed by atoms with van der Waals surface area (Å²) in [5, 5.41) is 0. The largest absolute Gasteiger partial charge is 0.472 e. The second-order valence-electron chi connectivity index (χ2n) is 21.2. The van der Waals surface area contributed by atoms with Crippen molar-refractivity contribution in [1.82, 2.24) is 0 Å². The van der Waals surface area contributed by atoms with Gasteiger partial charge in [0.25, 0.3) is 0 Å². The number of nitrogens with two attached hydrogens (primary N) is 1. The van der Waals surface area contributed by atoms with Crippen molar-refractivity contribution >= 4 is 19.8 Å². The molecule has 3 N–H and O–H groups in total. The minimum Gasteiger partial charge on any atom is -0.462 e. The van der Waals surface area contributed by atoms with Gasteiger partial charge in [-0.05, 0) is 109 Å². The van der Waals surface area contributed by atoms with Gasteiger partial charge in [0.1, 0.15) is 6.61 Å². The Bertz CT molecular complexity index is 1790. The molecular weight excluding hydrogens is 1030 g/mol. The van der Waals surface area contributed by atoms with E-state index < -0.39 is 26.5 Å². The first kappa shape index (κ1) is 77.2. The average Bonchev–Trinajstić information content (AvgIpc) is 3.46. The van der Waals surface area contributed by atoms with E-state index in [4.69, 9.17) is 24.3 Å². The molecule has 0 saturated heterocycles. The Labute approximate surface area is 497 Å². The molecule has 0 aliphatic rings. The minimum absolute atomic E-state index is 0.0473. The first-order valence-electron chi connectivity index (χ1n) is 32.7. The fourth-order valence-corrected chi connectivity index (χ4v) is 9.55. The van der Waals surface area contributed by atoms with E-state index in [1.165, 1.54) is 116 Å². The van der Waals surface area contributed by atoms with Crippen molar-refractivity contribution in [3.8, 4) is 0 Å². The van der Waals surface area contributed by atoms with Crippen molar-refractivity contribution in [2.75, 3.05) is 26.4 Å². The Morgan fingerprint density at radius 1 is 0.370 bits per heavy atom. The summed E-state index contributed by atoms with van der Waals surface area (Å²) in [5.74, 6) is -0.835. The number of carbonyl (C=O) groups is 2. The maximum atomic E-state index is 12.8. The van der Waals surface area contributed by atoms with Crippen molar-refractivity contribution in [1.29, 1.82) is 0 Å². The number of hydrogen-bond acceptors (Lipinski definition) is 8. The molecule has 0 bridgehead atoms. The second kappa shape index (κ2) is 65.3. The van der Waals surface area contributed by atoms with Gasteiger partial charge in [-0.15, -0.1) is 0 Å². The van der Waals surface area contributed by atoms with Gasteiger partial charge in [-0.25, -0.2) is 4.57 Å². The van der Waals surface area contributed by atoms with E-state index in [9.17, 15) is 19.0 Å². The molecule has 462 valence electrons. The van der Waals surface area contributed by atoms with Crippen LogP contribution in [0.25, 0.3) is 0 Å². The van der Waals surface area contributed by atoms with Crippen molar-refractivity contribution in [2.24, 2.45) is 5.73 Å². The molecule has 0 aliphatic heterocycles. The van der Waals surface area contributed by atoms with Gasteiger partial charge < -0.3 is 20.1 Å². The van der Waals surface area contributed by atoms with Crippen LogP contribution in [0.5, 0.6) is 0 Å². The smallest absolute Gasteiger partial charge is 0.462 e. The molecule has 10 heteroatoms. The lowest BCUT2D eigenvalue weighted by atomic mass is 10.0. The summed E-state index contributed by atoms with van der Waals surface area (Å²) in [7, 11) is -4.40. The van der Waals surface area contributed by atoms with Crippen LogP contribution in [-0.2, 0) is 32.7 Å². The molecule has 0 aromatic carbocycles. The van der Waals surface area contributed by atoms with Crippen LogP contribution >= 0.6 is 7.82 Å². The molecule has 0 fully saturated rings. The second-order valence-corrected chi connectivity index (χ2v) is 22.7. The average molecular weight is 1150 g/mol. The van der Waals surface area contributed by atoms with Crippen molar-refractivity contribution in [3.63, 3.8) is 0 Å². The number of unbranched alkanes of at least 4 members (excludes halogenated alkanes) is 25. The monoisotopic (exact) mass is 1150 g/mol. The fourth-order valence-electron chi connectivity index (χ4n) is 8.79. The summed E-state index contributed by atoms with van der Waals surface area (Å²) in [5.41, 5.74) is 5.39. The van der Waals surface area contributed by atoms with E-state index in [1.54, 1.807) is 0 Å². The molecule has 2 atom stereocenters. The summed E-state index contributed by atoms with van der Waals surface area (Å²) in [6, 6.07) is 0. The number of carbonyl (C=O) groups excluding carboxylic acids is 2. The van der Waals surface area contributed by atoms with Crippen molar-refractivity contribution in [3.05, 3.63) is 134 Å². The number of phosphoric ester groups is 1. The number of rotatable bonds is 60. The van der Waals surface area contributed by atoms with Crippen LogP contribution < -0.4 is 5.73 Å². The topological polar surface area (TPSA) is 134 Å². The molecule has 2 unspecified atom stereocenters. The molecule has 0 spiro atoms. The Kier molecular flexibility index (Phi) is 62.2. The van der Waals surface area contributed by atoms with E-state index >= 15 is 0 Å². The standard InChI is InChI=1S/C71H120NO8P/c1-3-5-7-9-11-13-15-17-19-21-23-25-27-29-30-31-32-33-34-35-36-37-38-40-42-44-46-48-50-52-54-56-58-60-62-64-71(74)80-69(68-79-81(75,76)78-66-65-72)67-77-70(73)63-61-59-57-55-53-51-49-47-45-43-41-39-28-26-24-22-20-18-16-14-12-10-8-6-4-2/h5-8,11-14,17-20,23-26,29-30,32-33,39,41,69H,3-4,9-10,15-16,21-22,27-28,31,34-38,40,42-68,72H2,1-2H3,(H,75,76)/b7-5-,8-6-,13-11-,14-12-,19-17-,20-18-,25-23-,26-24-,30-29-,33-32-,41-39-. The van der Waals surface area contributed by atoms with Crippen LogP contribution in [-0.4, -0.2) is 49.3 Å². The van der Waals surface area contributed by atoms with E-state index in [0.717, 1.165) is 122 Å². The highest BCUT2D eigenvalue weighted by Crippen LogP contribution is 2.43. The highest BCUT2D eigenvalue weighted by molar-refractivity contribution is 7.47. The summed E-state index contributed by atoms with van der Waals surface area (Å²) < 4.78 is 33.1. The Balaban J connectivity index is 3.93. The summed E-state index contributed by atoms with van der Waals surface area (Å²) >= 11 is 0. The molecule has 0 aromatic heterocycles. The Hall–Kier alpha value is -3.85. The molecule has 0 saturated carbocycles. The number of esters is 2. The first-order valence-corrected chi connectivity index (χ1v) is 34.2. The summed E-state index contributed by atoms with van der Waals surface area (Å²) in [6.07, 6.45) is 92.4. The first-order chi connectivity index (χ1) is 39.8. The molecule has 0 rings (SSSR count). The molecule has 0 aromatic rings. The zero-order chi connectivity index (χ0) is 58.7. The molecule has 0 aliphatic carbocycles. The van der Waals surface area contributed by atoms with E-state index in [2.05, 4.69) is 148 Å². The number of allylic oxidation sites excluding steroid dienone is 22. The predicted molar refractivity (Wildman–Crippen MR) is 348 cm³/mol. The Morgan fingerprint density at radius 3 is 0.951 bits per heavy atom. The highest BCUT2D eigenvalue weighted by atomic mass is 31.2. The predicted octanol–water partition coefficient (Wildman–Crippen LogP) is 21.3. The third kappa shape index (κ3) is 65.2. The third-order valence-corrected chi connectivity index (χ3v) is 14.5. The van der Waals surface area contributed by atoms with Crippen LogP contribution in [0.2, 0.25) is 0 Å². The van der Waals surface area contributed by atoms with Crippen LogP contribution in [0, 0.1) is 0 Å². The van der Waals surface area contributed by atoms with Crippen LogP contribution in [0.4, 0.5) is 0 Å². The lowest BCUT2D eigenvalue weighted by Crippen LogP contribution is -2.29.